The summed E-state index contributed by atoms with van der Waals surface area (Å²) in [5.41, 5.74) is 7.40. The van der Waals surface area contributed by atoms with E-state index in [1.807, 2.05) is 25.1 Å². The zero-order valence-electron chi connectivity index (χ0n) is 28.0. The molecule has 4 heterocycles. The molecule has 246 valence electrons. The van der Waals surface area contributed by atoms with E-state index in [2.05, 4.69) is 70.4 Å². The molecule has 3 aliphatic rings. The van der Waals surface area contributed by atoms with E-state index in [0.717, 1.165) is 11.3 Å². The van der Waals surface area contributed by atoms with Crippen molar-refractivity contribution in [2.45, 2.75) is 109 Å². The van der Waals surface area contributed by atoms with E-state index in [0.29, 0.717) is 43.5 Å². The van der Waals surface area contributed by atoms with Gasteiger partial charge in [-0.05, 0) is 40.7 Å². The molecule has 0 radical (unpaired) electrons. The lowest BCUT2D eigenvalue weighted by atomic mass is 10.1. The van der Waals surface area contributed by atoms with Crippen LogP contribution in [0.3, 0.4) is 0 Å². The van der Waals surface area contributed by atoms with Crippen molar-refractivity contribution >= 4 is 28.6 Å². The highest BCUT2D eigenvalue weighted by Gasteiger charge is 2.60. The number of hydrogen-bond donors (Lipinski definition) is 2. The van der Waals surface area contributed by atoms with Crippen molar-refractivity contribution in [3.63, 3.8) is 0 Å². The number of para-hydroxylation sites is 1. The third-order valence-electron chi connectivity index (χ3n) is 8.78. The molecule has 0 amide bonds. The molecule has 3 aliphatic heterocycles. The molecule has 3 atom stereocenters. The van der Waals surface area contributed by atoms with E-state index in [-0.39, 0.29) is 34.4 Å². The van der Waals surface area contributed by atoms with E-state index in [9.17, 15) is 4.79 Å². The number of methoxy groups -OCH3 is 1. The number of nitrogens with zero attached hydrogens (tertiary/aromatic N) is 2. The minimum absolute atomic E-state index is 0.222. The Kier molecular flexibility index (Phi) is 11.2. The number of aromatic nitrogens is 2. The molecule has 13 heteroatoms. The maximum Gasteiger partial charge on any atom is 0.351 e. The van der Waals surface area contributed by atoms with Crippen LogP contribution in [0.2, 0.25) is 22.2 Å². The third-order valence-corrected chi connectivity index (χ3v) is 19.1. The first-order valence-corrected chi connectivity index (χ1v) is 19.8. The molecule has 2 saturated heterocycles. The lowest BCUT2D eigenvalue weighted by Gasteiger charge is -2.51. The van der Waals surface area contributed by atoms with Gasteiger partial charge in [0.05, 0.1) is 31.2 Å². The molecule has 11 nitrogen and oxygen atoms in total. The zero-order chi connectivity index (χ0) is 32.4. The van der Waals surface area contributed by atoms with Crippen LogP contribution in [-0.2, 0) is 22.4 Å². The summed E-state index contributed by atoms with van der Waals surface area (Å²) >= 11 is 0. The van der Waals surface area contributed by atoms with Crippen LogP contribution in [0.15, 0.2) is 29.2 Å². The fourth-order valence-electron chi connectivity index (χ4n) is 6.37. The van der Waals surface area contributed by atoms with Gasteiger partial charge in [-0.2, -0.15) is 4.98 Å². The van der Waals surface area contributed by atoms with Crippen LogP contribution in [0.4, 0.5) is 11.5 Å². The van der Waals surface area contributed by atoms with E-state index in [1.54, 1.807) is 13.3 Å². The third kappa shape index (κ3) is 6.70. The Hall–Kier alpha value is -2.11. The summed E-state index contributed by atoms with van der Waals surface area (Å²) in [5.74, 6) is 1.59. The standard InChI is InChI=1S/C28H43N3O6Si2.C3H9NO/c1-16(2)38(17(3)4)33-15-24-22(36-39(37-38,18(5)6)19(7)8)13-25(35-24)31-14-23-27(30-28(31)32)29-26-20(9)11-10-12-21(26)34-23;1-5-3-2-4/h10-12,14,16-19,22,24-25H,13,15H2,1-9H3,(H,29,30,32);2-4H2,1H3. The van der Waals surface area contributed by atoms with Crippen LogP contribution in [0.25, 0.3) is 0 Å². The Balaban J connectivity index is 0.000000818. The van der Waals surface area contributed by atoms with Crippen LogP contribution in [-0.4, -0.2) is 65.7 Å². The monoisotopic (exact) mass is 648 g/mol. The Morgan fingerprint density at radius 1 is 1.02 bits per heavy atom. The number of rotatable bonds is 7. The van der Waals surface area contributed by atoms with Gasteiger partial charge in [-0.15, -0.1) is 0 Å². The summed E-state index contributed by atoms with van der Waals surface area (Å²) in [5, 5.41) is 3.26. The highest BCUT2D eigenvalue weighted by molar-refractivity contribution is 6.83. The van der Waals surface area contributed by atoms with Crippen LogP contribution in [0.1, 0.15) is 73.6 Å². The Labute approximate surface area is 264 Å². The second-order valence-electron chi connectivity index (χ2n) is 13.1. The van der Waals surface area contributed by atoms with Gasteiger partial charge in [-0.3, -0.25) is 4.57 Å². The number of benzene rings is 1. The number of nitrogens with two attached hydrogens (primary N) is 1. The van der Waals surface area contributed by atoms with Crippen molar-refractivity contribution in [3.8, 4) is 11.5 Å². The van der Waals surface area contributed by atoms with Gasteiger partial charge in [0.2, 0.25) is 0 Å². The number of fused-ring (bicyclic) bond motifs is 3. The Morgan fingerprint density at radius 3 is 2.25 bits per heavy atom. The molecule has 0 spiro atoms. The van der Waals surface area contributed by atoms with Crippen molar-refractivity contribution in [2.75, 3.05) is 32.2 Å². The fourth-order valence-corrected chi connectivity index (χ4v) is 17.6. The van der Waals surface area contributed by atoms with E-state index in [1.165, 1.54) is 4.57 Å². The highest BCUT2D eigenvalue weighted by Crippen LogP contribution is 2.48. The number of hydrogen-bond acceptors (Lipinski definition) is 10. The number of nitrogens with one attached hydrogen (secondary N) is 1. The second kappa shape index (κ2) is 14.1. The van der Waals surface area contributed by atoms with Gasteiger partial charge in [-0.1, -0.05) is 67.5 Å². The summed E-state index contributed by atoms with van der Waals surface area (Å²) in [6, 6.07) is 5.83. The summed E-state index contributed by atoms with van der Waals surface area (Å²) in [6.07, 6.45) is 1.10. The van der Waals surface area contributed by atoms with Crippen molar-refractivity contribution < 1.29 is 27.2 Å². The largest absolute Gasteiger partial charge is 0.450 e. The lowest BCUT2D eigenvalue weighted by molar-refractivity contribution is -0.0566. The Morgan fingerprint density at radius 2 is 1.68 bits per heavy atom. The smallest absolute Gasteiger partial charge is 0.351 e. The molecule has 1 aromatic heterocycles. The van der Waals surface area contributed by atoms with Gasteiger partial charge in [-0.25, -0.2) is 4.79 Å². The average Bonchev–Trinajstić information content (AvgIpc) is 3.33. The Bertz CT molecular complexity index is 1320. The van der Waals surface area contributed by atoms with Crippen LogP contribution in [0, 0.1) is 6.92 Å². The molecule has 0 aliphatic carbocycles. The quantitative estimate of drug-likeness (QED) is 0.284. The van der Waals surface area contributed by atoms with Gasteiger partial charge >= 0.3 is 22.8 Å². The summed E-state index contributed by atoms with van der Waals surface area (Å²) in [4.78, 5) is 17.6. The van der Waals surface area contributed by atoms with Gasteiger partial charge < -0.3 is 38.2 Å². The highest BCUT2D eigenvalue weighted by atomic mass is 28.5. The van der Waals surface area contributed by atoms with Crippen LogP contribution in [0.5, 0.6) is 11.5 Å². The van der Waals surface area contributed by atoms with E-state index in [4.69, 9.17) is 28.2 Å². The maximum atomic E-state index is 13.2. The summed E-state index contributed by atoms with van der Waals surface area (Å²) in [7, 11) is -3.79. The number of anilines is 2. The van der Waals surface area contributed by atoms with Gasteiger partial charge in [0.15, 0.2) is 17.3 Å². The topological polar surface area (TPSA) is 128 Å². The fraction of sp³-hybridized carbons (Fsp3) is 0.677. The SMILES string of the molecule is COCCN.Cc1cccc2c1Nc1nc(=O)n(C3CC4O[Si](C(C)C)(C(C)C)O[Si](C(C)C)(C(C)C)OCC4O3)cc1O2. The molecule has 44 heavy (non-hydrogen) atoms. The molecule has 2 fully saturated rings. The summed E-state index contributed by atoms with van der Waals surface area (Å²) < 4.78 is 40.0. The van der Waals surface area contributed by atoms with Crippen molar-refractivity contribution in [2.24, 2.45) is 5.73 Å². The molecule has 0 saturated carbocycles. The minimum Gasteiger partial charge on any atom is -0.450 e. The van der Waals surface area contributed by atoms with Gasteiger partial charge in [0.1, 0.15) is 12.3 Å². The van der Waals surface area contributed by atoms with Gasteiger partial charge in [0.25, 0.3) is 0 Å². The molecule has 1 aromatic carbocycles. The number of ether oxygens (including phenoxy) is 3. The lowest BCUT2D eigenvalue weighted by Crippen LogP contribution is -2.65. The molecule has 0 bridgehead atoms. The first-order valence-electron chi connectivity index (χ1n) is 15.8. The van der Waals surface area contributed by atoms with Crippen molar-refractivity contribution in [1.29, 1.82) is 0 Å². The van der Waals surface area contributed by atoms with E-state index < -0.39 is 29.0 Å². The van der Waals surface area contributed by atoms with Gasteiger partial charge in [0, 0.05) is 20.1 Å². The maximum absolute atomic E-state index is 13.2. The van der Waals surface area contributed by atoms with Crippen LogP contribution < -0.4 is 21.5 Å². The van der Waals surface area contributed by atoms with Crippen LogP contribution >= 0.6 is 0 Å². The molecule has 5 rings (SSSR count). The van der Waals surface area contributed by atoms with Crippen molar-refractivity contribution in [1.82, 2.24) is 9.55 Å². The summed E-state index contributed by atoms with van der Waals surface area (Å²) in [6.45, 7) is 21.3. The van der Waals surface area contributed by atoms with Crippen molar-refractivity contribution in [3.05, 3.63) is 40.4 Å². The van der Waals surface area contributed by atoms with E-state index >= 15 is 0 Å². The number of aryl methyl sites for hydroxylation is 1. The molecule has 2 aromatic rings. The predicted molar refractivity (Wildman–Crippen MR) is 176 cm³/mol. The minimum atomic E-state index is -2.76. The molecular weight excluding hydrogens is 597 g/mol. The average molecular weight is 649 g/mol. The zero-order valence-corrected chi connectivity index (χ0v) is 30.0. The molecule has 3 unspecified atom stereocenters. The second-order valence-corrected chi connectivity index (χ2v) is 21.9. The normalized spacial score (nSPS) is 23.6. The first-order chi connectivity index (χ1) is 20.8. The predicted octanol–water partition coefficient (Wildman–Crippen LogP) is 6.24. The molecular formula is C31H52N4O7Si2. The molecule has 3 N–H and O–H groups in total. The first kappa shape index (κ1) is 34.8.